The summed E-state index contributed by atoms with van der Waals surface area (Å²) >= 11 is 0. The zero-order chi connectivity index (χ0) is 21.2. The van der Waals surface area contributed by atoms with Crippen molar-refractivity contribution < 1.29 is 23.8 Å². The Kier molecular flexibility index (Phi) is 16.9. The highest BCUT2D eigenvalue weighted by atomic mass is 16.7. The Morgan fingerprint density at radius 3 is 2.21 bits per heavy atom. The Hall–Kier alpha value is -1.30. The van der Waals surface area contributed by atoms with Gasteiger partial charge < -0.3 is 19.1 Å². The van der Waals surface area contributed by atoms with Crippen LogP contribution in [0.15, 0.2) is 0 Å². The van der Waals surface area contributed by atoms with Gasteiger partial charge in [-0.15, -0.1) is 0 Å². The van der Waals surface area contributed by atoms with Gasteiger partial charge in [0.15, 0.2) is 0 Å². The van der Waals surface area contributed by atoms with Gasteiger partial charge in [-0.1, -0.05) is 46.0 Å². The minimum Gasteiger partial charge on any atom is -0.463 e. The second-order valence-corrected chi connectivity index (χ2v) is 7.72. The van der Waals surface area contributed by atoms with Gasteiger partial charge in [-0.25, -0.2) is 4.79 Å². The van der Waals surface area contributed by atoms with Gasteiger partial charge in [0.1, 0.15) is 6.10 Å². The van der Waals surface area contributed by atoms with E-state index in [0.717, 1.165) is 38.8 Å². The summed E-state index contributed by atoms with van der Waals surface area (Å²) in [7, 11) is 2.03. The monoisotopic (exact) mass is 401 g/mol. The zero-order valence-corrected chi connectivity index (χ0v) is 18.8. The van der Waals surface area contributed by atoms with Crippen molar-refractivity contribution in [2.75, 3.05) is 26.7 Å². The maximum absolute atomic E-state index is 12.0. The molecule has 0 saturated carbocycles. The predicted octanol–water partition coefficient (Wildman–Crippen LogP) is 5.33. The van der Waals surface area contributed by atoms with Crippen molar-refractivity contribution >= 4 is 12.1 Å². The zero-order valence-electron chi connectivity index (χ0n) is 18.8. The highest BCUT2D eigenvalue weighted by Crippen LogP contribution is 2.15. The molecule has 0 radical (unpaired) electrons. The van der Waals surface area contributed by atoms with E-state index in [1.54, 1.807) is 0 Å². The second kappa shape index (κ2) is 17.8. The van der Waals surface area contributed by atoms with E-state index in [4.69, 9.17) is 14.2 Å². The van der Waals surface area contributed by atoms with Gasteiger partial charge in [0.05, 0.1) is 12.7 Å². The molecule has 0 saturated heterocycles. The summed E-state index contributed by atoms with van der Waals surface area (Å²) in [5, 5.41) is 0. The molecule has 0 aromatic heterocycles. The minimum atomic E-state index is -0.632. The van der Waals surface area contributed by atoms with Crippen LogP contribution < -0.4 is 0 Å². The summed E-state index contributed by atoms with van der Waals surface area (Å²) in [4.78, 5) is 25.9. The van der Waals surface area contributed by atoms with E-state index < -0.39 is 6.16 Å². The van der Waals surface area contributed by atoms with Gasteiger partial charge in [-0.2, -0.15) is 0 Å². The number of unbranched alkanes of at least 4 members (excludes halogenated alkanes) is 5. The molecule has 0 heterocycles. The van der Waals surface area contributed by atoms with Gasteiger partial charge in [0.2, 0.25) is 0 Å². The number of hydrogen-bond donors (Lipinski definition) is 0. The molecule has 1 unspecified atom stereocenters. The molecule has 0 N–H and O–H groups in total. The quantitative estimate of drug-likeness (QED) is 0.242. The molecule has 0 aliphatic heterocycles. The molecular formula is C22H43NO5. The van der Waals surface area contributed by atoms with E-state index in [0.29, 0.717) is 13.0 Å². The van der Waals surface area contributed by atoms with Gasteiger partial charge >= 0.3 is 12.1 Å². The van der Waals surface area contributed by atoms with Crippen LogP contribution in [0.25, 0.3) is 0 Å². The molecule has 0 aromatic carbocycles. The van der Waals surface area contributed by atoms with Crippen LogP contribution in [0.1, 0.15) is 91.9 Å². The van der Waals surface area contributed by atoms with E-state index in [1.807, 2.05) is 20.9 Å². The van der Waals surface area contributed by atoms with Gasteiger partial charge in [-0.05, 0) is 53.1 Å². The third kappa shape index (κ3) is 16.8. The molecule has 0 aliphatic carbocycles. The Labute approximate surface area is 172 Å². The first-order valence-corrected chi connectivity index (χ1v) is 11.1. The first kappa shape index (κ1) is 26.7. The lowest BCUT2D eigenvalue weighted by molar-refractivity contribution is -0.148. The molecule has 166 valence electrons. The fourth-order valence-corrected chi connectivity index (χ4v) is 2.83. The van der Waals surface area contributed by atoms with Crippen molar-refractivity contribution in [2.24, 2.45) is 0 Å². The summed E-state index contributed by atoms with van der Waals surface area (Å²) in [5.74, 6) is -0.248. The Balaban J connectivity index is 4.25. The normalized spacial score (nSPS) is 12.2. The molecule has 0 aliphatic rings. The van der Waals surface area contributed by atoms with Crippen LogP contribution in [0, 0.1) is 0 Å². The minimum absolute atomic E-state index is 0.128. The van der Waals surface area contributed by atoms with Crippen molar-refractivity contribution in [1.82, 2.24) is 4.90 Å². The maximum Gasteiger partial charge on any atom is 0.508 e. The highest BCUT2D eigenvalue weighted by Gasteiger charge is 2.18. The first-order valence-electron chi connectivity index (χ1n) is 11.1. The van der Waals surface area contributed by atoms with E-state index >= 15 is 0 Å². The standard InChI is InChI=1S/C22H43NO5/c1-6-8-9-10-11-12-14-20(15-16-21(24)27-19(3)4)28-22(25)26-18-13-17-23(5)7-2/h19-20H,6-18H2,1-5H3. The summed E-state index contributed by atoms with van der Waals surface area (Å²) in [5.41, 5.74) is 0. The van der Waals surface area contributed by atoms with Crippen LogP contribution in [-0.4, -0.2) is 56.0 Å². The average Bonchev–Trinajstić information content (AvgIpc) is 2.65. The van der Waals surface area contributed by atoms with E-state index in [1.165, 1.54) is 25.7 Å². The number of esters is 1. The Morgan fingerprint density at radius 2 is 1.57 bits per heavy atom. The van der Waals surface area contributed by atoms with Crippen LogP contribution in [0.5, 0.6) is 0 Å². The van der Waals surface area contributed by atoms with Gasteiger partial charge in [0.25, 0.3) is 0 Å². The van der Waals surface area contributed by atoms with Crippen LogP contribution >= 0.6 is 0 Å². The number of carbonyl (C=O) groups excluding carboxylic acids is 2. The van der Waals surface area contributed by atoms with Crippen LogP contribution in [0.2, 0.25) is 0 Å². The fourth-order valence-electron chi connectivity index (χ4n) is 2.83. The number of rotatable bonds is 17. The molecule has 0 bridgehead atoms. The van der Waals surface area contributed by atoms with Crippen molar-refractivity contribution in [3.05, 3.63) is 0 Å². The topological polar surface area (TPSA) is 65.1 Å². The van der Waals surface area contributed by atoms with Gasteiger partial charge in [-0.3, -0.25) is 4.79 Å². The summed E-state index contributed by atoms with van der Waals surface area (Å²) in [6, 6.07) is 0. The predicted molar refractivity (Wildman–Crippen MR) is 112 cm³/mol. The molecule has 0 aromatic rings. The summed E-state index contributed by atoms with van der Waals surface area (Å²) in [6.45, 7) is 10.1. The summed E-state index contributed by atoms with van der Waals surface area (Å²) < 4.78 is 15.9. The van der Waals surface area contributed by atoms with Gasteiger partial charge in [0, 0.05) is 13.0 Å². The molecule has 0 spiro atoms. The van der Waals surface area contributed by atoms with E-state index in [-0.39, 0.29) is 24.6 Å². The maximum atomic E-state index is 12.0. The lowest BCUT2D eigenvalue weighted by atomic mass is 10.0. The Morgan fingerprint density at radius 1 is 0.893 bits per heavy atom. The molecular weight excluding hydrogens is 358 g/mol. The SMILES string of the molecule is CCCCCCCCC(CCC(=O)OC(C)C)OC(=O)OCCCN(C)CC. The highest BCUT2D eigenvalue weighted by molar-refractivity contribution is 5.69. The second-order valence-electron chi connectivity index (χ2n) is 7.72. The lowest BCUT2D eigenvalue weighted by Gasteiger charge is -2.18. The number of ether oxygens (including phenoxy) is 3. The Bertz CT molecular complexity index is 400. The number of nitrogens with zero attached hydrogens (tertiary/aromatic N) is 1. The van der Waals surface area contributed by atoms with Crippen molar-refractivity contribution in [2.45, 2.75) is 104 Å². The van der Waals surface area contributed by atoms with Crippen molar-refractivity contribution in [1.29, 1.82) is 0 Å². The smallest absolute Gasteiger partial charge is 0.463 e. The number of hydrogen-bond acceptors (Lipinski definition) is 6. The fraction of sp³-hybridized carbons (Fsp3) is 0.909. The van der Waals surface area contributed by atoms with Crippen LogP contribution in [0.3, 0.4) is 0 Å². The van der Waals surface area contributed by atoms with Crippen molar-refractivity contribution in [3.8, 4) is 0 Å². The van der Waals surface area contributed by atoms with E-state index in [9.17, 15) is 9.59 Å². The van der Waals surface area contributed by atoms with Crippen LogP contribution in [0.4, 0.5) is 4.79 Å². The molecule has 6 nitrogen and oxygen atoms in total. The molecule has 0 amide bonds. The third-order valence-electron chi connectivity index (χ3n) is 4.62. The largest absolute Gasteiger partial charge is 0.508 e. The molecule has 6 heteroatoms. The first-order chi connectivity index (χ1) is 13.4. The number of carbonyl (C=O) groups is 2. The van der Waals surface area contributed by atoms with E-state index in [2.05, 4.69) is 18.7 Å². The van der Waals surface area contributed by atoms with Crippen LogP contribution in [-0.2, 0) is 19.0 Å². The molecule has 28 heavy (non-hydrogen) atoms. The average molecular weight is 402 g/mol. The third-order valence-corrected chi connectivity index (χ3v) is 4.62. The molecule has 0 rings (SSSR count). The van der Waals surface area contributed by atoms with Crippen molar-refractivity contribution in [3.63, 3.8) is 0 Å². The lowest BCUT2D eigenvalue weighted by Crippen LogP contribution is -2.23. The summed E-state index contributed by atoms with van der Waals surface area (Å²) in [6.07, 6.45) is 8.27. The molecule has 0 fully saturated rings. The molecule has 1 atom stereocenters.